The number of halogens is 2. The van der Waals surface area contributed by atoms with Gasteiger partial charge >= 0.3 is 0 Å². The summed E-state index contributed by atoms with van der Waals surface area (Å²) in [5.41, 5.74) is 5.56. The maximum atomic E-state index is 15.1. The van der Waals surface area contributed by atoms with Crippen LogP contribution in [-0.2, 0) is 16.0 Å². The maximum Gasteiger partial charge on any atom is 0.253 e. The van der Waals surface area contributed by atoms with Crippen LogP contribution in [0.5, 0.6) is 5.75 Å². The highest BCUT2D eigenvalue weighted by Gasteiger charge is 2.54. The average Bonchev–Trinajstić information content (AvgIpc) is 3.64. The maximum absolute atomic E-state index is 15.1. The summed E-state index contributed by atoms with van der Waals surface area (Å²) in [7, 11) is 0. The summed E-state index contributed by atoms with van der Waals surface area (Å²) in [5.74, 6) is 0.853. The Balaban J connectivity index is 1.33. The molecule has 0 spiro atoms. The zero-order valence-electron chi connectivity index (χ0n) is 25.4. The Morgan fingerprint density at radius 2 is 1.40 bits per heavy atom. The molecule has 1 aliphatic heterocycles. The van der Waals surface area contributed by atoms with E-state index in [0.29, 0.717) is 31.1 Å². The van der Waals surface area contributed by atoms with Gasteiger partial charge in [-0.15, -0.1) is 0 Å². The number of aliphatic hydroxyl groups is 1. The quantitative estimate of drug-likeness (QED) is 0.141. The Labute approximate surface area is 290 Å². The fourth-order valence-electron chi connectivity index (χ4n) is 6.40. The summed E-state index contributed by atoms with van der Waals surface area (Å²) in [5, 5.41) is 12.6. The highest BCUT2D eigenvalue weighted by molar-refractivity contribution is 9.10. The molecular formula is C39H32Br2N2O4. The van der Waals surface area contributed by atoms with E-state index in [1.54, 1.807) is 0 Å². The lowest BCUT2D eigenvalue weighted by atomic mass is 9.81. The molecule has 2 N–H and O–H groups in total. The highest BCUT2D eigenvalue weighted by Crippen LogP contribution is 2.46. The molecule has 1 aliphatic carbocycles. The fraction of sp³-hybridized carbons (Fsp3) is 0.179. The summed E-state index contributed by atoms with van der Waals surface area (Å²) < 4.78 is 14.4. The summed E-state index contributed by atoms with van der Waals surface area (Å²) in [4.78, 5) is 20.3. The van der Waals surface area contributed by atoms with E-state index < -0.39 is 11.6 Å². The van der Waals surface area contributed by atoms with E-state index in [2.05, 4.69) is 61.4 Å². The number of carbonyl (C=O) groups is 1. The number of nitrogens with zero attached hydrogens (tertiary/aromatic N) is 1. The fourth-order valence-corrected chi connectivity index (χ4v) is 6.93. The Morgan fingerprint density at radius 1 is 0.809 bits per heavy atom. The van der Waals surface area contributed by atoms with E-state index in [0.717, 1.165) is 47.9 Å². The highest BCUT2D eigenvalue weighted by atomic mass is 79.9. The van der Waals surface area contributed by atoms with Crippen molar-refractivity contribution in [3.8, 4) is 16.9 Å². The molecule has 6 nitrogen and oxygen atoms in total. The minimum Gasteiger partial charge on any atom is -0.494 e. The number of aliphatic imine (C=N–C) groups is 1. The number of ether oxygens (including phenoxy) is 2. The van der Waals surface area contributed by atoms with Crippen molar-refractivity contribution in [1.29, 1.82) is 0 Å². The molecule has 47 heavy (non-hydrogen) atoms. The van der Waals surface area contributed by atoms with Crippen molar-refractivity contribution in [2.45, 2.75) is 30.5 Å². The second-order valence-corrected chi connectivity index (χ2v) is 13.6. The summed E-state index contributed by atoms with van der Waals surface area (Å²) in [6.07, 6.45) is 0.159. The molecule has 2 aliphatic rings. The number of hydrogen-bond donors (Lipinski definition) is 2. The average molecular weight is 753 g/mol. The number of fused-ring (bicyclic) bond motifs is 3. The van der Waals surface area contributed by atoms with Crippen molar-refractivity contribution in [3.63, 3.8) is 0 Å². The zero-order valence-corrected chi connectivity index (χ0v) is 28.6. The van der Waals surface area contributed by atoms with Gasteiger partial charge < -0.3 is 19.9 Å². The Bertz CT molecular complexity index is 1880. The van der Waals surface area contributed by atoms with Crippen LogP contribution in [0.25, 0.3) is 11.1 Å². The van der Waals surface area contributed by atoms with Gasteiger partial charge in [0.2, 0.25) is 5.90 Å². The Morgan fingerprint density at radius 3 is 2.02 bits per heavy atom. The first-order chi connectivity index (χ1) is 22.9. The third-order valence-corrected chi connectivity index (χ3v) is 9.76. The number of amides is 1. The van der Waals surface area contributed by atoms with E-state index in [-0.39, 0.29) is 18.6 Å². The van der Waals surface area contributed by atoms with Crippen molar-refractivity contribution in [3.05, 3.63) is 158 Å². The minimum atomic E-state index is -1.33. The lowest BCUT2D eigenvalue weighted by Gasteiger charge is -2.32. The van der Waals surface area contributed by atoms with E-state index in [1.165, 1.54) is 0 Å². The van der Waals surface area contributed by atoms with Crippen LogP contribution in [0.3, 0.4) is 0 Å². The van der Waals surface area contributed by atoms with Gasteiger partial charge in [-0.1, -0.05) is 105 Å². The van der Waals surface area contributed by atoms with Gasteiger partial charge in [0.05, 0.1) is 12.6 Å². The van der Waals surface area contributed by atoms with Crippen molar-refractivity contribution >= 4 is 43.7 Å². The van der Waals surface area contributed by atoms with E-state index in [1.807, 2.05) is 97.1 Å². The lowest BCUT2D eigenvalue weighted by molar-refractivity contribution is -0.129. The van der Waals surface area contributed by atoms with Gasteiger partial charge in [-0.05, 0) is 81.9 Å². The van der Waals surface area contributed by atoms with Crippen LogP contribution in [0.15, 0.2) is 135 Å². The summed E-state index contributed by atoms with van der Waals surface area (Å²) in [6, 6.07) is 39.5. The van der Waals surface area contributed by atoms with Gasteiger partial charge in [-0.2, -0.15) is 0 Å². The summed E-state index contributed by atoms with van der Waals surface area (Å²) in [6.45, 7) is 0.490. The van der Waals surface area contributed by atoms with E-state index >= 15 is 4.79 Å². The standard InChI is InChI=1S/C39H32Br2N2O4/c40-28-16-10-25(11-17-28)24-39(38(45)42-35-33-8-3-1-6-31(33)32-7-2-4-9-34(32)35)36(26-12-18-29(41)19-13-26)47-37(43-39)27-14-20-30(21-15-27)46-23-5-22-44/h1-4,6-21,35-36,44H,5,22-24H2,(H,42,45)/t36-,39-/m1/s1. The number of hydrogen-bond acceptors (Lipinski definition) is 5. The predicted molar refractivity (Wildman–Crippen MR) is 191 cm³/mol. The topological polar surface area (TPSA) is 80.2 Å². The molecule has 1 amide bonds. The van der Waals surface area contributed by atoms with Crippen LogP contribution in [0.1, 0.15) is 46.4 Å². The zero-order chi connectivity index (χ0) is 32.4. The molecule has 0 saturated heterocycles. The Kier molecular flexibility index (Phi) is 8.99. The molecule has 0 saturated carbocycles. The first-order valence-corrected chi connectivity index (χ1v) is 17.1. The molecule has 8 heteroatoms. The van der Waals surface area contributed by atoms with Crippen LogP contribution in [0.2, 0.25) is 0 Å². The minimum absolute atomic E-state index is 0.0702. The molecule has 0 fully saturated rings. The molecule has 0 radical (unpaired) electrons. The smallest absolute Gasteiger partial charge is 0.253 e. The molecule has 5 aromatic rings. The SMILES string of the molecule is O=C(NC1c2ccccc2-c2ccccc21)[C@]1(Cc2ccc(Br)cc2)N=C(c2ccc(OCCCO)cc2)O[C@@H]1c1ccc(Br)cc1. The van der Waals surface area contributed by atoms with Crippen molar-refractivity contribution in [1.82, 2.24) is 5.32 Å². The summed E-state index contributed by atoms with van der Waals surface area (Å²) >= 11 is 7.11. The molecule has 236 valence electrons. The number of aliphatic hydroxyl groups excluding tert-OH is 1. The number of nitrogens with one attached hydrogen (secondary N) is 1. The van der Waals surface area contributed by atoms with Gasteiger partial charge in [0.15, 0.2) is 11.6 Å². The molecule has 2 atom stereocenters. The number of benzene rings is 5. The monoisotopic (exact) mass is 750 g/mol. The van der Waals surface area contributed by atoms with Crippen LogP contribution >= 0.6 is 31.9 Å². The lowest BCUT2D eigenvalue weighted by Crippen LogP contribution is -2.50. The van der Waals surface area contributed by atoms with Crippen LogP contribution in [-0.4, -0.2) is 35.7 Å². The molecular weight excluding hydrogens is 720 g/mol. The van der Waals surface area contributed by atoms with Crippen molar-refractivity contribution < 1.29 is 19.4 Å². The second-order valence-electron chi connectivity index (χ2n) is 11.7. The first kappa shape index (κ1) is 31.4. The van der Waals surface area contributed by atoms with Gasteiger partial charge in [0.1, 0.15) is 5.75 Å². The molecule has 5 aromatic carbocycles. The number of carbonyl (C=O) groups excluding carboxylic acids is 1. The first-order valence-electron chi connectivity index (χ1n) is 15.5. The third-order valence-electron chi connectivity index (χ3n) is 8.70. The predicted octanol–water partition coefficient (Wildman–Crippen LogP) is 8.36. The number of rotatable bonds is 10. The molecule has 1 heterocycles. The molecule has 7 rings (SSSR count). The molecule has 0 unspecified atom stereocenters. The van der Waals surface area contributed by atoms with Crippen molar-refractivity contribution in [2.75, 3.05) is 13.2 Å². The van der Waals surface area contributed by atoms with Gasteiger partial charge in [-0.3, -0.25) is 4.79 Å². The molecule has 0 bridgehead atoms. The second kappa shape index (κ2) is 13.5. The van der Waals surface area contributed by atoms with Gasteiger partial charge in [0.25, 0.3) is 5.91 Å². The van der Waals surface area contributed by atoms with Gasteiger partial charge in [-0.25, -0.2) is 4.99 Å². The van der Waals surface area contributed by atoms with Crippen LogP contribution in [0.4, 0.5) is 0 Å². The Hall–Kier alpha value is -4.24. The largest absolute Gasteiger partial charge is 0.494 e. The van der Waals surface area contributed by atoms with Crippen LogP contribution in [0, 0.1) is 0 Å². The van der Waals surface area contributed by atoms with Gasteiger partial charge in [0, 0.05) is 34.0 Å². The van der Waals surface area contributed by atoms with Crippen molar-refractivity contribution in [2.24, 2.45) is 4.99 Å². The normalized spacial score (nSPS) is 18.2. The third kappa shape index (κ3) is 6.25. The van der Waals surface area contributed by atoms with E-state index in [4.69, 9.17) is 19.6 Å². The van der Waals surface area contributed by atoms with E-state index in [9.17, 15) is 0 Å². The van der Waals surface area contributed by atoms with Crippen LogP contribution < -0.4 is 10.1 Å². The molecule has 0 aromatic heterocycles.